The summed E-state index contributed by atoms with van der Waals surface area (Å²) in [5, 5.41) is 10.3. The van der Waals surface area contributed by atoms with Gasteiger partial charge < -0.3 is 9.84 Å². The normalized spacial score (nSPS) is 12.3. The number of rotatable bonds is 3. The van der Waals surface area contributed by atoms with E-state index in [0.717, 1.165) is 11.1 Å². The van der Waals surface area contributed by atoms with Crippen LogP contribution in [0.1, 0.15) is 28.4 Å². The molecule has 0 heterocycles. The molecule has 0 bridgehead atoms. The van der Waals surface area contributed by atoms with Crippen molar-refractivity contribution in [3.63, 3.8) is 0 Å². The molecule has 2 aromatic rings. The highest BCUT2D eigenvalue weighted by atomic mass is 19.1. The lowest BCUT2D eigenvalue weighted by Crippen LogP contribution is -2.02. The van der Waals surface area contributed by atoms with Gasteiger partial charge in [0.25, 0.3) is 0 Å². The third-order valence-corrected chi connectivity index (χ3v) is 3.13. The molecule has 0 aromatic heterocycles. The molecule has 0 aliphatic carbocycles. The number of ether oxygens (including phenoxy) is 1. The molecule has 0 aliphatic heterocycles. The number of methoxy groups -OCH3 is 1. The average Bonchev–Trinajstić information content (AvgIpc) is 2.37. The van der Waals surface area contributed by atoms with Crippen molar-refractivity contribution in [3.8, 4) is 5.75 Å². The van der Waals surface area contributed by atoms with Crippen LogP contribution in [-0.2, 0) is 0 Å². The van der Waals surface area contributed by atoms with Crippen molar-refractivity contribution in [2.45, 2.75) is 20.0 Å². The Morgan fingerprint density at radius 2 is 1.79 bits per heavy atom. The standard InChI is InChI=1S/C16H17FO2/c1-10-6-13(8-14(17)7-10)16(18)12-5-4-11(2)15(9-12)19-3/h4-9,16,18H,1-3H3. The number of benzene rings is 2. The number of aliphatic hydroxyl groups excluding tert-OH is 1. The molecule has 19 heavy (non-hydrogen) atoms. The Balaban J connectivity index is 2.40. The smallest absolute Gasteiger partial charge is 0.123 e. The van der Waals surface area contributed by atoms with E-state index in [1.807, 2.05) is 19.1 Å². The quantitative estimate of drug-likeness (QED) is 0.914. The van der Waals surface area contributed by atoms with Crippen molar-refractivity contribution >= 4 is 0 Å². The van der Waals surface area contributed by atoms with Gasteiger partial charge in [-0.15, -0.1) is 0 Å². The average molecular weight is 260 g/mol. The lowest BCUT2D eigenvalue weighted by Gasteiger charge is -2.14. The van der Waals surface area contributed by atoms with E-state index in [1.54, 1.807) is 26.2 Å². The number of halogens is 1. The zero-order valence-corrected chi connectivity index (χ0v) is 11.3. The minimum atomic E-state index is -0.857. The Bertz CT molecular complexity index is 573. The molecule has 3 heteroatoms. The lowest BCUT2D eigenvalue weighted by molar-refractivity contribution is 0.219. The van der Waals surface area contributed by atoms with Gasteiger partial charge in [-0.3, -0.25) is 0 Å². The zero-order chi connectivity index (χ0) is 14.0. The minimum absolute atomic E-state index is 0.340. The maximum Gasteiger partial charge on any atom is 0.123 e. The third kappa shape index (κ3) is 2.93. The van der Waals surface area contributed by atoms with Crippen molar-refractivity contribution in [3.05, 3.63) is 64.5 Å². The van der Waals surface area contributed by atoms with Crippen LogP contribution in [0.25, 0.3) is 0 Å². The Kier molecular flexibility index (Phi) is 3.86. The van der Waals surface area contributed by atoms with Crippen molar-refractivity contribution in [1.82, 2.24) is 0 Å². The fourth-order valence-corrected chi connectivity index (χ4v) is 2.12. The molecule has 0 radical (unpaired) electrons. The summed E-state index contributed by atoms with van der Waals surface area (Å²) in [6.07, 6.45) is -0.857. The van der Waals surface area contributed by atoms with Crippen LogP contribution >= 0.6 is 0 Å². The number of hydrogen-bond donors (Lipinski definition) is 1. The van der Waals surface area contributed by atoms with Gasteiger partial charge >= 0.3 is 0 Å². The molecule has 0 amide bonds. The van der Waals surface area contributed by atoms with Crippen LogP contribution in [0.2, 0.25) is 0 Å². The van der Waals surface area contributed by atoms with E-state index >= 15 is 0 Å². The molecule has 0 fully saturated rings. The van der Waals surface area contributed by atoms with Crippen molar-refractivity contribution < 1.29 is 14.2 Å². The van der Waals surface area contributed by atoms with Crippen LogP contribution in [0.4, 0.5) is 4.39 Å². The summed E-state index contributed by atoms with van der Waals surface area (Å²) in [6, 6.07) is 10.0. The molecule has 0 aliphatic rings. The molecule has 1 N–H and O–H groups in total. The molecule has 2 aromatic carbocycles. The fourth-order valence-electron chi connectivity index (χ4n) is 2.12. The number of hydrogen-bond acceptors (Lipinski definition) is 2. The largest absolute Gasteiger partial charge is 0.496 e. The van der Waals surface area contributed by atoms with E-state index in [-0.39, 0.29) is 5.82 Å². The Hall–Kier alpha value is -1.87. The van der Waals surface area contributed by atoms with Gasteiger partial charge in [0.1, 0.15) is 17.7 Å². The van der Waals surface area contributed by atoms with E-state index < -0.39 is 6.10 Å². The van der Waals surface area contributed by atoms with Gasteiger partial charge in [-0.1, -0.05) is 18.2 Å². The van der Waals surface area contributed by atoms with Crippen molar-refractivity contribution in [2.75, 3.05) is 7.11 Å². The first-order chi connectivity index (χ1) is 9.01. The predicted octanol–water partition coefficient (Wildman–Crippen LogP) is 3.53. The summed E-state index contributed by atoms with van der Waals surface area (Å²) in [4.78, 5) is 0. The van der Waals surface area contributed by atoms with Gasteiger partial charge in [0.15, 0.2) is 0 Å². The topological polar surface area (TPSA) is 29.5 Å². The molecule has 1 atom stereocenters. The van der Waals surface area contributed by atoms with Crippen molar-refractivity contribution in [2.24, 2.45) is 0 Å². The van der Waals surface area contributed by atoms with Gasteiger partial charge in [0, 0.05) is 0 Å². The molecule has 0 saturated heterocycles. The second kappa shape index (κ2) is 5.41. The van der Waals surface area contributed by atoms with E-state index in [9.17, 15) is 9.50 Å². The maximum absolute atomic E-state index is 13.4. The predicted molar refractivity (Wildman–Crippen MR) is 72.9 cm³/mol. The van der Waals surface area contributed by atoms with E-state index in [2.05, 4.69) is 0 Å². The minimum Gasteiger partial charge on any atom is -0.496 e. The number of aryl methyl sites for hydroxylation is 2. The van der Waals surface area contributed by atoms with Gasteiger partial charge in [-0.2, -0.15) is 0 Å². The molecule has 2 nitrogen and oxygen atoms in total. The van der Waals surface area contributed by atoms with Gasteiger partial charge in [-0.05, 0) is 54.3 Å². The van der Waals surface area contributed by atoms with E-state index in [1.165, 1.54) is 12.1 Å². The summed E-state index contributed by atoms with van der Waals surface area (Å²) in [6.45, 7) is 3.73. The molecule has 1 unspecified atom stereocenters. The monoisotopic (exact) mass is 260 g/mol. The van der Waals surface area contributed by atoms with Crippen LogP contribution in [-0.4, -0.2) is 12.2 Å². The Morgan fingerprint density at radius 3 is 2.42 bits per heavy atom. The summed E-state index contributed by atoms with van der Waals surface area (Å²) in [7, 11) is 1.59. The zero-order valence-electron chi connectivity index (χ0n) is 11.3. The van der Waals surface area contributed by atoms with Crippen molar-refractivity contribution in [1.29, 1.82) is 0 Å². The third-order valence-electron chi connectivity index (χ3n) is 3.13. The van der Waals surface area contributed by atoms with Gasteiger partial charge in [-0.25, -0.2) is 4.39 Å². The van der Waals surface area contributed by atoms with Gasteiger partial charge in [0.05, 0.1) is 7.11 Å². The second-order valence-corrected chi connectivity index (χ2v) is 4.69. The fraction of sp³-hybridized carbons (Fsp3) is 0.250. The van der Waals surface area contributed by atoms with Gasteiger partial charge in [0.2, 0.25) is 0 Å². The SMILES string of the molecule is COc1cc(C(O)c2cc(C)cc(F)c2)ccc1C. The first-order valence-electron chi connectivity index (χ1n) is 6.11. The Labute approximate surface area is 112 Å². The van der Waals surface area contributed by atoms with Crippen LogP contribution in [0.5, 0.6) is 5.75 Å². The lowest BCUT2D eigenvalue weighted by atomic mass is 9.98. The molecular weight excluding hydrogens is 243 g/mol. The Morgan fingerprint density at radius 1 is 1.05 bits per heavy atom. The van der Waals surface area contributed by atoms with Crippen LogP contribution in [0, 0.1) is 19.7 Å². The van der Waals surface area contributed by atoms with Crippen LogP contribution < -0.4 is 4.74 Å². The molecule has 2 rings (SSSR count). The molecular formula is C16H17FO2. The summed E-state index contributed by atoms with van der Waals surface area (Å²) in [5.74, 6) is 0.373. The molecule has 0 saturated carbocycles. The highest BCUT2D eigenvalue weighted by molar-refractivity contribution is 5.41. The van der Waals surface area contributed by atoms with E-state index in [0.29, 0.717) is 16.9 Å². The highest BCUT2D eigenvalue weighted by Gasteiger charge is 2.13. The maximum atomic E-state index is 13.4. The highest BCUT2D eigenvalue weighted by Crippen LogP contribution is 2.28. The number of aliphatic hydroxyl groups is 1. The van der Waals surface area contributed by atoms with Crippen LogP contribution in [0.15, 0.2) is 36.4 Å². The summed E-state index contributed by atoms with van der Waals surface area (Å²) in [5.41, 5.74) is 3.01. The summed E-state index contributed by atoms with van der Waals surface area (Å²) < 4.78 is 18.6. The molecule has 0 spiro atoms. The molecule has 100 valence electrons. The second-order valence-electron chi connectivity index (χ2n) is 4.69. The summed E-state index contributed by atoms with van der Waals surface area (Å²) >= 11 is 0. The first kappa shape index (κ1) is 13.6. The van der Waals surface area contributed by atoms with Crippen LogP contribution in [0.3, 0.4) is 0 Å². The van der Waals surface area contributed by atoms with E-state index in [4.69, 9.17) is 4.74 Å². The first-order valence-corrected chi connectivity index (χ1v) is 6.11.